The first kappa shape index (κ1) is 25.2. The second-order valence-corrected chi connectivity index (χ2v) is 8.82. The molecule has 0 saturated carbocycles. The molecule has 1 aliphatic rings. The van der Waals surface area contributed by atoms with Crippen LogP contribution >= 0.6 is 27.5 Å². The summed E-state index contributed by atoms with van der Waals surface area (Å²) in [5, 5.41) is 8.76. The van der Waals surface area contributed by atoms with Gasteiger partial charge in [-0.05, 0) is 42.0 Å². The van der Waals surface area contributed by atoms with Crippen LogP contribution in [0.4, 0.5) is 37.8 Å². The lowest BCUT2D eigenvalue weighted by Crippen LogP contribution is -2.35. The van der Waals surface area contributed by atoms with E-state index >= 15 is 0 Å². The Morgan fingerprint density at radius 3 is 2.29 bits per heavy atom. The monoisotopic (exact) mass is 582 g/mol. The Bertz CT molecular complexity index is 1230. The Balaban J connectivity index is 1.60. The van der Waals surface area contributed by atoms with Crippen LogP contribution in [0.25, 0.3) is 0 Å². The number of fused-ring (bicyclic) bond motifs is 1. The number of hydrogen-bond acceptors (Lipinski definition) is 4. The minimum atomic E-state index is -4.88. The number of alkyl halides is 6. The minimum absolute atomic E-state index is 0.0552. The van der Waals surface area contributed by atoms with Gasteiger partial charge >= 0.3 is 12.5 Å². The van der Waals surface area contributed by atoms with Crippen molar-refractivity contribution in [1.82, 2.24) is 9.78 Å². The molecule has 3 aromatic rings. The van der Waals surface area contributed by atoms with Crippen LogP contribution in [0.5, 0.6) is 5.75 Å². The maximum absolute atomic E-state index is 13.9. The number of nitrogens with zero attached hydrogens (tertiary/aromatic N) is 2. The van der Waals surface area contributed by atoms with Crippen molar-refractivity contribution in [2.45, 2.75) is 31.0 Å². The summed E-state index contributed by atoms with van der Waals surface area (Å²) < 4.78 is 83.7. The van der Waals surface area contributed by atoms with E-state index in [9.17, 15) is 31.1 Å². The minimum Gasteiger partial charge on any atom is -0.406 e. The van der Waals surface area contributed by atoms with Crippen LogP contribution < -0.4 is 15.4 Å². The van der Waals surface area contributed by atoms with Gasteiger partial charge in [0.1, 0.15) is 16.6 Å². The van der Waals surface area contributed by atoms with Crippen LogP contribution in [0.1, 0.15) is 34.6 Å². The predicted octanol–water partition coefficient (Wildman–Crippen LogP) is 7.11. The zero-order valence-corrected chi connectivity index (χ0v) is 19.6. The average molecular weight is 584 g/mol. The topological polar surface area (TPSA) is 68.2 Å². The van der Waals surface area contributed by atoms with E-state index in [1.807, 2.05) is 0 Å². The first-order chi connectivity index (χ1) is 16.3. The third-order valence-corrected chi connectivity index (χ3v) is 6.02. The zero-order chi connectivity index (χ0) is 25.5. The highest BCUT2D eigenvalue weighted by atomic mass is 79.9. The summed E-state index contributed by atoms with van der Waals surface area (Å²) in [5.41, 5.74) is 0.160. The molecule has 186 valence electrons. The molecule has 0 bridgehead atoms. The van der Waals surface area contributed by atoms with E-state index in [2.05, 4.69) is 36.4 Å². The fourth-order valence-electron chi connectivity index (χ4n) is 3.58. The normalized spacial score (nSPS) is 17.9. The van der Waals surface area contributed by atoms with E-state index in [4.69, 9.17) is 11.6 Å². The fraction of sp³-hybridized carbons (Fsp3) is 0.238. The number of anilines is 2. The number of aromatic nitrogens is 2. The molecule has 0 saturated heterocycles. The smallest absolute Gasteiger partial charge is 0.406 e. The fourth-order valence-corrected chi connectivity index (χ4v) is 4.11. The van der Waals surface area contributed by atoms with Gasteiger partial charge in [-0.25, -0.2) is 4.68 Å². The van der Waals surface area contributed by atoms with Crippen molar-refractivity contribution in [1.29, 1.82) is 0 Å². The van der Waals surface area contributed by atoms with Gasteiger partial charge in [0.2, 0.25) is 0 Å². The highest BCUT2D eigenvalue weighted by Gasteiger charge is 2.47. The standard InChI is InChI=1S/C21H14BrClF6N4O2/c22-11-3-1-10(2-4-11)14-9-15(20(24,25)26)33-18(31-14)16(23)17(32-33)19(34)30-12-5-7-13(8-6-12)35-21(27,28)29/h1-8,14-15,31H,9H2,(H,30,34)/t14-,15+/m0/s1. The molecule has 1 amide bonds. The molecule has 2 heterocycles. The third kappa shape index (κ3) is 5.67. The number of carbonyl (C=O) groups excluding carboxylic acids is 1. The lowest BCUT2D eigenvalue weighted by atomic mass is 9.97. The Morgan fingerprint density at radius 2 is 1.71 bits per heavy atom. The zero-order valence-electron chi connectivity index (χ0n) is 17.2. The largest absolute Gasteiger partial charge is 0.573 e. The summed E-state index contributed by atoms with van der Waals surface area (Å²) in [5.74, 6) is -1.63. The molecule has 0 radical (unpaired) electrons. The maximum Gasteiger partial charge on any atom is 0.573 e. The number of benzene rings is 2. The number of amides is 1. The van der Waals surface area contributed by atoms with Gasteiger partial charge < -0.3 is 15.4 Å². The number of nitrogens with one attached hydrogen (secondary N) is 2. The summed E-state index contributed by atoms with van der Waals surface area (Å²) in [7, 11) is 0. The number of carbonyl (C=O) groups is 1. The van der Waals surface area contributed by atoms with Crippen LogP contribution in [-0.4, -0.2) is 28.2 Å². The van der Waals surface area contributed by atoms with Gasteiger partial charge in [-0.2, -0.15) is 18.3 Å². The summed E-state index contributed by atoms with van der Waals surface area (Å²) in [6.07, 6.45) is -9.95. The molecule has 0 spiro atoms. The molecular formula is C21H14BrClF6N4O2. The second kappa shape index (κ2) is 9.26. The number of hydrogen-bond donors (Lipinski definition) is 2. The van der Waals surface area contributed by atoms with Gasteiger partial charge in [0.05, 0.1) is 6.04 Å². The van der Waals surface area contributed by atoms with E-state index < -0.39 is 48.4 Å². The first-order valence-corrected chi connectivity index (χ1v) is 11.0. The second-order valence-electron chi connectivity index (χ2n) is 7.52. The van der Waals surface area contributed by atoms with Crippen LogP contribution in [0.15, 0.2) is 53.0 Å². The highest BCUT2D eigenvalue weighted by molar-refractivity contribution is 9.10. The highest BCUT2D eigenvalue weighted by Crippen LogP contribution is 2.46. The Morgan fingerprint density at radius 1 is 1.09 bits per heavy atom. The molecular weight excluding hydrogens is 570 g/mol. The van der Waals surface area contributed by atoms with Crippen molar-refractivity contribution < 1.29 is 35.9 Å². The molecule has 1 aromatic heterocycles. The molecule has 2 N–H and O–H groups in total. The van der Waals surface area contributed by atoms with Gasteiger partial charge in [0.15, 0.2) is 11.7 Å². The van der Waals surface area contributed by atoms with E-state index in [0.717, 1.165) is 28.7 Å². The molecule has 2 atom stereocenters. The van der Waals surface area contributed by atoms with Crippen molar-refractivity contribution in [3.63, 3.8) is 0 Å². The quantitative estimate of drug-likeness (QED) is 0.321. The van der Waals surface area contributed by atoms with E-state index in [0.29, 0.717) is 10.2 Å². The molecule has 14 heteroatoms. The Hall–Kier alpha value is -2.93. The van der Waals surface area contributed by atoms with Gasteiger partial charge in [0, 0.05) is 16.6 Å². The van der Waals surface area contributed by atoms with Crippen LogP contribution in [0, 0.1) is 0 Å². The SMILES string of the molecule is O=C(Nc1ccc(OC(F)(F)F)cc1)c1nn2c(c1Cl)N[C@H](c1ccc(Br)cc1)C[C@@H]2C(F)(F)F. The van der Waals surface area contributed by atoms with Crippen molar-refractivity contribution in [2.75, 3.05) is 10.6 Å². The average Bonchev–Trinajstić information content (AvgIpc) is 3.10. The molecule has 4 rings (SSSR count). The summed E-state index contributed by atoms with van der Waals surface area (Å²) in [6, 6.07) is 8.09. The van der Waals surface area contributed by atoms with E-state index in [1.165, 1.54) is 0 Å². The number of ether oxygens (including phenoxy) is 1. The van der Waals surface area contributed by atoms with Gasteiger partial charge in [-0.15, -0.1) is 13.2 Å². The molecule has 0 unspecified atom stereocenters. The molecule has 0 aliphatic carbocycles. The predicted molar refractivity (Wildman–Crippen MR) is 119 cm³/mol. The van der Waals surface area contributed by atoms with Crippen molar-refractivity contribution in [3.05, 3.63) is 69.3 Å². The van der Waals surface area contributed by atoms with Crippen LogP contribution in [-0.2, 0) is 0 Å². The van der Waals surface area contributed by atoms with Crippen molar-refractivity contribution >= 4 is 44.9 Å². The molecule has 6 nitrogen and oxygen atoms in total. The van der Waals surface area contributed by atoms with Crippen molar-refractivity contribution in [2.24, 2.45) is 0 Å². The number of rotatable bonds is 4. The number of halogens is 8. The van der Waals surface area contributed by atoms with Crippen LogP contribution in [0.3, 0.4) is 0 Å². The Labute approximate surface area is 207 Å². The first-order valence-electron chi connectivity index (χ1n) is 9.85. The van der Waals surface area contributed by atoms with Gasteiger partial charge in [-0.3, -0.25) is 4.79 Å². The third-order valence-electron chi connectivity index (χ3n) is 5.13. The van der Waals surface area contributed by atoms with E-state index in [-0.39, 0.29) is 16.5 Å². The summed E-state index contributed by atoms with van der Waals surface area (Å²) in [6.45, 7) is 0. The molecule has 35 heavy (non-hydrogen) atoms. The molecule has 1 aliphatic heterocycles. The van der Waals surface area contributed by atoms with E-state index in [1.54, 1.807) is 24.3 Å². The Kier molecular flexibility index (Phi) is 6.66. The lowest BCUT2D eigenvalue weighted by molar-refractivity contribution is -0.274. The van der Waals surface area contributed by atoms with Gasteiger partial charge in [0.25, 0.3) is 5.91 Å². The van der Waals surface area contributed by atoms with Gasteiger partial charge in [-0.1, -0.05) is 39.7 Å². The summed E-state index contributed by atoms with van der Waals surface area (Å²) in [4.78, 5) is 12.7. The summed E-state index contributed by atoms with van der Waals surface area (Å²) >= 11 is 9.54. The maximum atomic E-state index is 13.9. The van der Waals surface area contributed by atoms with Crippen LogP contribution in [0.2, 0.25) is 5.02 Å². The van der Waals surface area contributed by atoms with Crippen molar-refractivity contribution in [3.8, 4) is 5.75 Å². The molecule has 0 fully saturated rings. The lowest BCUT2D eigenvalue weighted by Gasteiger charge is -2.33. The molecule has 2 aromatic carbocycles.